The average Bonchev–Trinajstić information content (AvgIpc) is 2.31. The molecule has 2 nitrogen and oxygen atoms in total. The molecule has 3 atom stereocenters. The number of ether oxygens (including phenoxy) is 1. The fourth-order valence-corrected chi connectivity index (χ4v) is 3.08. The van der Waals surface area contributed by atoms with E-state index in [0.717, 1.165) is 49.9 Å². The van der Waals surface area contributed by atoms with E-state index in [1.807, 2.05) is 0 Å². The monoisotopic (exact) mass is 241 g/mol. The first-order valence-electron chi connectivity index (χ1n) is 7.41. The SMILES string of the molecule is CCCOCC1CC(C(C)C)CCC1CNC. The fraction of sp³-hybridized carbons (Fsp3) is 1.00. The molecule has 1 saturated carbocycles. The van der Waals surface area contributed by atoms with Crippen LogP contribution in [-0.4, -0.2) is 26.8 Å². The number of hydrogen-bond donors (Lipinski definition) is 1. The Hall–Kier alpha value is -0.0800. The van der Waals surface area contributed by atoms with E-state index >= 15 is 0 Å². The highest BCUT2D eigenvalue weighted by molar-refractivity contribution is 4.82. The first-order valence-corrected chi connectivity index (χ1v) is 7.41. The molecule has 1 N–H and O–H groups in total. The van der Waals surface area contributed by atoms with Crippen LogP contribution in [0.25, 0.3) is 0 Å². The van der Waals surface area contributed by atoms with Gasteiger partial charge in [-0.25, -0.2) is 0 Å². The summed E-state index contributed by atoms with van der Waals surface area (Å²) in [4.78, 5) is 0. The molecular weight excluding hydrogens is 210 g/mol. The molecule has 0 spiro atoms. The van der Waals surface area contributed by atoms with Crippen LogP contribution in [0.5, 0.6) is 0 Å². The Kier molecular flexibility index (Phi) is 7.14. The molecule has 0 saturated heterocycles. The standard InChI is InChI=1S/C15H31NO/c1-5-8-17-11-15-9-13(12(2)3)6-7-14(15)10-16-4/h12-16H,5-11H2,1-4H3. The number of nitrogens with one attached hydrogen (secondary N) is 1. The van der Waals surface area contributed by atoms with Crippen molar-refractivity contribution in [3.8, 4) is 0 Å². The summed E-state index contributed by atoms with van der Waals surface area (Å²) in [5, 5.41) is 3.35. The lowest BCUT2D eigenvalue weighted by molar-refractivity contribution is 0.0379. The van der Waals surface area contributed by atoms with Crippen LogP contribution in [0.2, 0.25) is 0 Å². The highest BCUT2D eigenvalue weighted by atomic mass is 16.5. The second-order valence-corrected chi connectivity index (χ2v) is 5.97. The third-order valence-corrected chi connectivity index (χ3v) is 4.27. The summed E-state index contributed by atoms with van der Waals surface area (Å²) in [6.45, 7) is 9.98. The Balaban J connectivity index is 2.43. The molecule has 1 rings (SSSR count). The van der Waals surface area contributed by atoms with E-state index in [-0.39, 0.29) is 0 Å². The predicted molar refractivity (Wildman–Crippen MR) is 74.2 cm³/mol. The van der Waals surface area contributed by atoms with Gasteiger partial charge in [-0.2, -0.15) is 0 Å². The quantitative estimate of drug-likeness (QED) is 0.690. The van der Waals surface area contributed by atoms with E-state index in [1.165, 1.54) is 19.3 Å². The Morgan fingerprint density at radius 2 is 2.00 bits per heavy atom. The zero-order chi connectivity index (χ0) is 12.7. The largest absolute Gasteiger partial charge is 0.381 e. The van der Waals surface area contributed by atoms with Crippen LogP contribution in [0.4, 0.5) is 0 Å². The minimum atomic E-state index is 0.773. The molecule has 0 aromatic rings. The molecule has 17 heavy (non-hydrogen) atoms. The average molecular weight is 241 g/mol. The minimum Gasteiger partial charge on any atom is -0.381 e. The molecule has 0 aromatic heterocycles. The van der Waals surface area contributed by atoms with Gasteiger partial charge >= 0.3 is 0 Å². The van der Waals surface area contributed by atoms with Crippen molar-refractivity contribution in [2.75, 3.05) is 26.8 Å². The second-order valence-electron chi connectivity index (χ2n) is 5.97. The van der Waals surface area contributed by atoms with Gasteiger partial charge in [-0.05, 0) is 62.9 Å². The van der Waals surface area contributed by atoms with Crippen molar-refractivity contribution in [1.82, 2.24) is 5.32 Å². The molecule has 1 aliphatic rings. The number of hydrogen-bond acceptors (Lipinski definition) is 2. The van der Waals surface area contributed by atoms with Crippen LogP contribution in [-0.2, 0) is 4.74 Å². The summed E-state index contributed by atoms with van der Waals surface area (Å²) in [6.07, 6.45) is 5.29. The van der Waals surface area contributed by atoms with E-state index in [1.54, 1.807) is 0 Å². The summed E-state index contributed by atoms with van der Waals surface area (Å²) in [5.74, 6) is 3.35. The summed E-state index contributed by atoms with van der Waals surface area (Å²) >= 11 is 0. The highest BCUT2D eigenvalue weighted by Gasteiger charge is 2.31. The van der Waals surface area contributed by atoms with Crippen molar-refractivity contribution in [3.05, 3.63) is 0 Å². The zero-order valence-corrected chi connectivity index (χ0v) is 12.2. The molecule has 3 unspecified atom stereocenters. The molecule has 1 aliphatic carbocycles. The van der Waals surface area contributed by atoms with Gasteiger partial charge in [0.2, 0.25) is 0 Å². The zero-order valence-electron chi connectivity index (χ0n) is 12.2. The van der Waals surface area contributed by atoms with Gasteiger partial charge in [-0.1, -0.05) is 20.8 Å². The summed E-state index contributed by atoms with van der Waals surface area (Å²) in [5.41, 5.74) is 0. The van der Waals surface area contributed by atoms with E-state index in [2.05, 4.69) is 33.1 Å². The molecule has 0 aromatic carbocycles. The molecule has 0 heterocycles. The molecule has 0 amide bonds. The van der Waals surface area contributed by atoms with E-state index in [0.29, 0.717) is 0 Å². The van der Waals surface area contributed by atoms with Gasteiger partial charge in [-0.15, -0.1) is 0 Å². The highest BCUT2D eigenvalue weighted by Crippen LogP contribution is 2.37. The van der Waals surface area contributed by atoms with Crippen molar-refractivity contribution in [3.63, 3.8) is 0 Å². The Morgan fingerprint density at radius 1 is 1.24 bits per heavy atom. The first-order chi connectivity index (χ1) is 8.19. The molecule has 1 fully saturated rings. The van der Waals surface area contributed by atoms with E-state index in [9.17, 15) is 0 Å². The molecule has 0 bridgehead atoms. The molecular formula is C15H31NO. The topological polar surface area (TPSA) is 21.3 Å². The smallest absolute Gasteiger partial charge is 0.0497 e. The first kappa shape index (κ1) is 15.0. The van der Waals surface area contributed by atoms with Gasteiger partial charge in [0.05, 0.1) is 0 Å². The van der Waals surface area contributed by atoms with Crippen molar-refractivity contribution in [2.45, 2.75) is 46.5 Å². The van der Waals surface area contributed by atoms with Gasteiger partial charge in [0.25, 0.3) is 0 Å². The summed E-state index contributed by atoms with van der Waals surface area (Å²) in [6, 6.07) is 0. The Morgan fingerprint density at radius 3 is 2.59 bits per heavy atom. The third-order valence-electron chi connectivity index (χ3n) is 4.27. The Bertz CT molecular complexity index is 193. The minimum absolute atomic E-state index is 0.773. The lowest BCUT2D eigenvalue weighted by Gasteiger charge is -2.37. The van der Waals surface area contributed by atoms with E-state index < -0.39 is 0 Å². The predicted octanol–water partition coefficient (Wildman–Crippen LogP) is 3.32. The fourth-order valence-electron chi connectivity index (χ4n) is 3.08. The van der Waals surface area contributed by atoms with Gasteiger partial charge in [0.15, 0.2) is 0 Å². The van der Waals surface area contributed by atoms with Gasteiger partial charge in [0.1, 0.15) is 0 Å². The van der Waals surface area contributed by atoms with Crippen molar-refractivity contribution < 1.29 is 4.74 Å². The third kappa shape index (κ3) is 4.97. The maximum atomic E-state index is 5.80. The lowest BCUT2D eigenvalue weighted by Crippen LogP contribution is -2.35. The normalized spacial score (nSPS) is 29.8. The molecule has 102 valence electrons. The van der Waals surface area contributed by atoms with Crippen molar-refractivity contribution in [1.29, 1.82) is 0 Å². The molecule has 0 radical (unpaired) electrons. The van der Waals surface area contributed by atoms with Crippen LogP contribution in [0.1, 0.15) is 46.5 Å². The van der Waals surface area contributed by atoms with Gasteiger partial charge in [-0.3, -0.25) is 0 Å². The summed E-state index contributed by atoms with van der Waals surface area (Å²) in [7, 11) is 2.07. The van der Waals surface area contributed by atoms with Crippen LogP contribution >= 0.6 is 0 Å². The Labute approximate surface area is 108 Å². The van der Waals surface area contributed by atoms with E-state index in [4.69, 9.17) is 4.74 Å². The van der Waals surface area contributed by atoms with Crippen LogP contribution in [0, 0.1) is 23.7 Å². The van der Waals surface area contributed by atoms with Crippen LogP contribution < -0.4 is 5.32 Å². The maximum absolute atomic E-state index is 5.80. The number of rotatable bonds is 7. The van der Waals surface area contributed by atoms with Crippen molar-refractivity contribution >= 4 is 0 Å². The molecule has 2 heteroatoms. The van der Waals surface area contributed by atoms with Crippen molar-refractivity contribution in [2.24, 2.45) is 23.7 Å². The molecule has 0 aliphatic heterocycles. The lowest BCUT2D eigenvalue weighted by atomic mass is 9.71. The van der Waals surface area contributed by atoms with Gasteiger partial charge < -0.3 is 10.1 Å². The van der Waals surface area contributed by atoms with Crippen LogP contribution in [0.15, 0.2) is 0 Å². The van der Waals surface area contributed by atoms with Crippen LogP contribution in [0.3, 0.4) is 0 Å². The second kappa shape index (κ2) is 8.10. The maximum Gasteiger partial charge on any atom is 0.0497 e. The summed E-state index contributed by atoms with van der Waals surface area (Å²) < 4.78 is 5.80. The van der Waals surface area contributed by atoms with Gasteiger partial charge in [0, 0.05) is 13.2 Å².